The van der Waals surface area contributed by atoms with E-state index in [0.717, 1.165) is 70.9 Å². The summed E-state index contributed by atoms with van der Waals surface area (Å²) in [6.45, 7) is 13.4. The number of likely N-dealkylation sites (N-methyl/N-ethyl adjacent to an activating group) is 1. The number of benzene rings is 2. The van der Waals surface area contributed by atoms with Crippen molar-refractivity contribution in [1.82, 2.24) is 19.8 Å². The molecule has 0 spiro atoms. The third-order valence-electron chi connectivity index (χ3n) is 9.55. The second-order valence-corrected chi connectivity index (χ2v) is 12.8. The molecule has 0 radical (unpaired) electrons. The first-order valence-electron chi connectivity index (χ1n) is 15.6. The van der Waals surface area contributed by atoms with Crippen molar-refractivity contribution >= 4 is 39.8 Å². The minimum Gasteiger partial charge on any atom is -0.461 e. The third kappa shape index (κ3) is 6.29. The summed E-state index contributed by atoms with van der Waals surface area (Å²) in [6.07, 6.45) is 5.37. The Balaban J connectivity index is 1.34. The van der Waals surface area contributed by atoms with E-state index >= 15 is 0 Å². The Morgan fingerprint density at radius 1 is 1.18 bits per heavy atom. The van der Waals surface area contributed by atoms with Crippen LogP contribution in [0.2, 0.25) is 5.02 Å². The SMILES string of the molecule is [C-]#[N+]C[C@H]1CN(c2nc(OCC3(C)CCCN3C)nc3c2CCN(c2cccc4cccc(Cl)c24)C3)CCN1C(=O)/C=C/CF. The van der Waals surface area contributed by atoms with Gasteiger partial charge < -0.3 is 24.3 Å². The Kier molecular flexibility index (Phi) is 9.11. The van der Waals surface area contributed by atoms with Crippen LogP contribution in [0, 0.1) is 6.57 Å². The first kappa shape index (κ1) is 31.1. The van der Waals surface area contributed by atoms with E-state index in [-0.39, 0.29) is 24.0 Å². The molecule has 1 unspecified atom stereocenters. The molecule has 2 saturated heterocycles. The van der Waals surface area contributed by atoms with Crippen molar-refractivity contribution in [2.75, 3.05) is 69.4 Å². The van der Waals surface area contributed by atoms with Crippen molar-refractivity contribution in [3.05, 3.63) is 76.2 Å². The molecule has 0 saturated carbocycles. The lowest BCUT2D eigenvalue weighted by atomic mass is 10.0. The maximum absolute atomic E-state index is 12.8. The van der Waals surface area contributed by atoms with Gasteiger partial charge in [-0.1, -0.05) is 35.9 Å². The van der Waals surface area contributed by atoms with Gasteiger partial charge in [0.2, 0.25) is 12.5 Å². The molecule has 0 N–H and O–H groups in total. The molecule has 0 bridgehead atoms. The van der Waals surface area contributed by atoms with E-state index in [1.807, 2.05) is 12.1 Å². The molecule has 2 fully saturated rings. The maximum Gasteiger partial charge on any atom is 0.318 e. The number of rotatable bonds is 8. The number of nitrogens with zero attached hydrogens (tertiary/aromatic N) is 7. The summed E-state index contributed by atoms with van der Waals surface area (Å²) in [5.41, 5.74) is 2.94. The molecule has 6 rings (SSSR count). The highest BCUT2D eigenvalue weighted by Gasteiger charge is 2.37. The van der Waals surface area contributed by atoms with Crippen LogP contribution >= 0.6 is 11.6 Å². The van der Waals surface area contributed by atoms with Gasteiger partial charge in [-0.3, -0.25) is 9.69 Å². The van der Waals surface area contributed by atoms with Crippen LogP contribution in [0.4, 0.5) is 15.9 Å². The van der Waals surface area contributed by atoms with Crippen LogP contribution in [0.25, 0.3) is 15.6 Å². The lowest BCUT2D eigenvalue weighted by Crippen LogP contribution is -2.56. The summed E-state index contributed by atoms with van der Waals surface area (Å²) in [6, 6.07) is 12.2. The topological polar surface area (TPSA) is 69.4 Å². The fourth-order valence-electron chi connectivity index (χ4n) is 6.86. The van der Waals surface area contributed by atoms with Crippen LogP contribution in [0.15, 0.2) is 48.6 Å². The van der Waals surface area contributed by atoms with Crippen LogP contribution in [0.5, 0.6) is 6.01 Å². The van der Waals surface area contributed by atoms with E-state index in [4.69, 9.17) is 32.9 Å². The Morgan fingerprint density at radius 3 is 2.76 bits per heavy atom. The molecule has 45 heavy (non-hydrogen) atoms. The molecule has 1 amide bonds. The zero-order chi connectivity index (χ0) is 31.6. The van der Waals surface area contributed by atoms with Crippen LogP contribution in [-0.4, -0.2) is 96.9 Å². The number of hydrogen-bond donors (Lipinski definition) is 0. The Labute approximate surface area is 269 Å². The molecule has 3 aliphatic heterocycles. The summed E-state index contributed by atoms with van der Waals surface area (Å²) in [5, 5.41) is 2.83. The molecule has 2 atom stereocenters. The third-order valence-corrected chi connectivity index (χ3v) is 9.87. The van der Waals surface area contributed by atoms with Gasteiger partial charge in [0.05, 0.1) is 22.8 Å². The fraction of sp³-hybridized carbons (Fsp3) is 0.471. The lowest BCUT2D eigenvalue weighted by molar-refractivity contribution is -0.128. The fourth-order valence-corrected chi connectivity index (χ4v) is 7.14. The highest BCUT2D eigenvalue weighted by molar-refractivity contribution is 6.36. The van der Waals surface area contributed by atoms with Crippen LogP contribution in [0.3, 0.4) is 0 Å². The van der Waals surface area contributed by atoms with Crippen LogP contribution in [0.1, 0.15) is 31.0 Å². The molecule has 3 aromatic rings. The Morgan fingerprint density at radius 2 is 2.00 bits per heavy atom. The molecule has 0 aliphatic carbocycles. The largest absolute Gasteiger partial charge is 0.461 e. The van der Waals surface area contributed by atoms with Crippen molar-refractivity contribution in [2.45, 2.75) is 44.3 Å². The second-order valence-electron chi connectivity index (χ2n) is 12.4. The van der Waals surface area contributed by atoms with E-state index in [2.05, 4.69) is 57.8 Å². The van der Waals surface area contributed by atoms with Crippen molar-refractivity contribution in [3.63, 3.8) is 0 Å². The summed E-state index contributed by atoms with van der Waals surface area (Å²) in [4.78, 5) is 34.9. The van der Waals surface area contributed by atoms with Gasteiger partial charge in [0.1, 0.15) is 25.1 Å². The smallest absolute Gasteiger partial charge is 0.318 e. The van der Waals surface area contributed by atoms with Gasteiger partial charge in [-0.25, -0.2) is 11.0 Å². The number of alkyl halides is 1. The molecule has 9 nitrogen and oxygen atoms in total. The molecule has 4 heterocycles. The number of likely N-dealkylation sites (tertiary alicyclic amines) is 1. The van der Waals surface area contributed by atoms with Gasteiger partial charge in [0.15, 0.2) is 0 Å². The Hall–Kier alpha value is -3.94. The number of amides is 1. The lowest BCUT2D eigenvalue weighted by Gasteiger charge is -2.41. The molecular formula is C34H39ClFN7O2. The number of carbonyl (C=O) groups is 1. The van der Waals surface area contributed by atoms with Gasteiger partial charge >= 0.3 is 6.01 Å². The van der Waals surface area contributed by atoms with Crippen molar-refractivity contribution in [2.24, 2.45) is 0 Å². The van der Waals surface area contributed by atoms with Gasteiger partial charge in [-0.05, 0) is 63.4 Å². The van der Waals surface area contributed by atoms with Gasteiger partial charge in [-0.2, -0.15) is 9.97 Å². The van der Waals surface area contributed by atoms with Gasteiger partial charge in [-0.15, -0.1) is 0 Å². The van der Waals surface area contributed by atoms with Crippen LogP contribution in [-0.2, 0) is 17.8 Å². The molecular weight excluding hydrogens is 593 g/mol. The van der Waals surface area contributed by atoms with Gasteiger partial charge in [0.25, 0.3) is 0 Å². The Bertz CT molecular complexity index is 1640. The predicted molar refractivity (Wildman–Crippen MR) is 176 cm³/mol. The summed E-state index contributed by atoms with van der Waals surface area (Å²) >= 11 is 6.71. The zero-order valence-corrected chi connectivity index (χ0v) is 26.6. The number of piperazine rings is 1. The second kappa shape index (κ2) is 13.2. The zero-order valence-electron chi connectivity index (χ0n) is 25.9. The number of fused-ring (bicyclic) bond motifs is 2. The number of ether oxygens (including phenoxy) is 1. The van der Waals surface area contributed by atoms with Crippen LogP contribution < -0.4 is 14.5 Å². The highest BCUT2D eigenvalue weighted by Crippen LogP contribution is 2.37. The number of aromatic nitrogens is 2. The van der Waals surface area contributed by atoms with Crippen molar-refractivity contribution in [3.8, 4) is 6.01 Å². The average Bonchev–Trinajstić information content (AvgIpc) is 3.39. The van der Waals surface area contributed by atoms with Crippen molar-refractivity contribution < 1.29 is 13.9 Å². The van der Waals surface area contributed by atoms with Gasteiger partial charge in [0, 0.05) is 48.9 Å². The molecule has 1 aromatic heterocycles. The van der Waals surface area contributed by atoms with E-state index in [1.165, 1.54) is 12.2 Å². The van der Waals surface area contributed by atoms with E-state index in [9.17, 15) is 9.18 Å². The minimum absolute atomic E-state index is 0.0923. The molecule has 2 aromatic carbocycles. The normalized spacial score (nSPS) is 22.2. The first-order valence-corrected chi connectivity index (χ1v) is 16.0. The maximum atomic E-state index is 12.8. The average molecular weight is 632 g/mol. The predicted octanol–water partition coefficient (Wildman–Crippen LogP) is 5.17. The molecule has 3 aliphatic rings. The number of carbonyl (C=O) groups excluding carboxylic acids is 1. The van der Waals surface area contributed by atoms with E-state index < -0.39 is 6.67 Å². The van der Waals surface area contributed by atoms with Crippen molar-refractivity contribution in [1.29, 1.82) is 0 Å². The molecule has 236 valence electrons. The monoisotopic (exact) mass is 631 g/mol. The summed E-state index contributed by atoms with van der Waals surface area (Å²) in [7, 11) is 2.13. The van der Waals surface area contributed by atoms with E-state index in [0.29, 0.717) is 38.8 Å². The van der Waals surface area contributed by atoms with E-state index in [1.54, 1.807) is 4.90 Å². The highest BCUT2D eigenvalue weighted by atomic mass is 35.5. The summed E-state index contributed by atoms with van der Waals surface area (Å²) in [5.74, 6) is 0.532. The number of hydrogen-bond acceptors (Lipinski definition) is 7. The number of allylic oxidation sites excluding steroid dienone is 1. The molecule has 11 heteroatoms. The first-order chi connectivity index (χ1) is 21.8. The summed E-state index contributed by atoms with van der Waals surface area (Å²) < 4.78 is 19.1. The minimum atomic E-state index is -0.703. The quantitative estimate of drug-likeness (QED) is 0.251. The standard InChI is InChI=1S/C34H39ClFN7O2/c1-34(14-7-16-40(34)3)23-45-33-38-28-22-41(29-11-5-9-24-8-4-10-27(35)31(24)29)17-13-26(28)32(39-33)42-18-19-43(25(21-42)20-37-2)30(44)12-6-15-36/h4-6,8-12,25H,7,13-23H2,1,3H3/b12-6+/t25-,34?/m0/s1. The number of anilines is 2. The number of halogens is 2.